The predicted molar refractivity (Wildman–Crippen MR) is 68.9 cm³/mol. The van der Waals surface area contributed by atoms with E-state index in [1.54, 1.807) is 13.4 Å². The summed E-state index contributed by atoms with van der Waals surface area (Å²) in [5.74, 6) is -1.39. The van der Waals surface area contributed by atoms with Gasteiger partial charge in [-0.1, -0.05) is 6.07 Å². The molecule has 0 heterocycles. The van der Waals surface area contributed by atoms with Gasteiger partial charge in [0, 0.05) is 0 Å². The number of methoxy groups -OCH3 is 1. The summed E-state index contributed by atoms with van der Waals surface area (Å²) < 4.78 is 36.8. The smallest absolute Gasteiger partial charge is 0.200 e. The standard InChI is InChI=1S/C15H18F2O2/c1-18-9-11-5-7-12(8-6-11)10-19-14-4-2-3-13(16)15(14)17/h2-4,9,12H,5-8,10H2,1H3. The summed E-state index contributed by atoms with van der Waals surface area (Å²) in [6.07, 6.45) is 5.74. The lowest BCUT2D eigenvalue weighted by molar-refractivity contribution is 0.210. The summed E-state index contributed by atoms with van der Waals surface area (Å²) in [6, 6.07) is 4.00. The topological polar surface area (TPSA) is 18.5 Å². The van der Waals surface area contributed by atoms with Crippen molar-refractivity contribution in [3.05, 3.63) is 41.7 Å². The van der Waals surface area contributed by atoms with E-state index in [2.05, 4.69) is 0 Å². The number of benzene rings is 1. The third-order valence-electron chi connectivity index (χ3n) is 3.42. The average Bonchev–Trinajstić information content (AvgIpc) is 2.42. The van der Waals surface area contributed by atoms with Crippen LogP contribution in [0.25, 0.3) is 0 Å². The van der Waals surface area contributed by atoms with Gasteiger partial charge in [-0.2, -0.15) is 4.39 Å². The molecule has 1 fully saturated rings. The fourth-order valence-electron chi connectivity index (χ4n) is 2.30. The first kappa shape index (κ1) is 13.8. The zero-order valence-corrected chi connectivity index (χ0v) is 11.0. The molecule has 0 aromatic heterocycles. The molecule has 0 N–H and O–H groups in total. The Morgan fingerprint density at radius 3 is 2.68 bits per heavy atom. The lowest BCUT2D eigenvalue weighted by Gasteiger charge is -2.23. The van der Waals surface area contributed by atoms with Crippen molar-refractivity contribution in [2.75, 3.05) is 13.7 Å². The van der Waals surface area contributed by atoms with Crippen molar-refractivity contribution in [2.45, 2.75) is 25.7 Å². The van der Waals surface area contributed by atoms with Crippen LogP contribution in [0.15, 0.2) is 30.0 Å². The minimum absolute atomic E-state index is 0.00164. The van der Waals surface area contributed by atoms with Crippen molar-refractivity contribution in [3.63, 3.8) is 0 Å². The van der Waals surface area contributed by atoms with E-state index in [1.807, 2.05) is 0 Å². The van der Waals surface area contributed by atoms with Gasteiger partial charge in [0.25, 0.3) is 0 Å². The van der Waals surface area contributed by atoms with E-state index in [9.17, 15) is 8.78 Å². The first-order valence-corrected chi connectivity index (χ1v) is 6.48. The number of halogens is 2. The number of hydrogen-bond acceptors (Lipinski definition) is 2. The molecule has 0 spiro atoms. The summed E-state index contributed by atoms with van der Waals surface area (Å²) in [7, 11) is 1.65. The Labute approximate surface area is 112 Å². The van der Waals surface area contributed by atoms with Crippen molar-refractivity contribution >= 4 is 0 Å². The first-order valence-electron chi connectivity index (χ1n) is 6.48. The molecule has 0 radical (unpaired) electrons. The number of allylic oxidation sites excluding steroid dienone is 1. The van der Waals surface area contributed by atoms with Gasteiger partial charge in [-0.15, -0.1) is 0 Å². The van der Waals surface area contributed by atoms with Crippen LogP contribution in [0.1, 0.15) is 25.7 Å². The maximum atomic E-state index is 13.4. The largest absolute Gasteiger partial charge is 0.504 e. The maximum Gasteiger partial charge on any atom is 0.200 e. The van der Waals surface area contributed by atoms with Crippen LogP contribution in [0.2, 0.25) is 0 Å². The van der Waals surface area contributed by atoms with Gasteiger partial charge in [-0.25, -0.2) is 4.39 Å². The fourth-order valence-corrected chi connectivity index (χ4v) is 2.30. The molecule has 0 bridgehead atoms. The summed E-state index contributed by atoms with van der Waals surface area (Å²) in [4.78, 5) is 0. The average molecular weight is 268 g/mol. The highest BCUT2D eigenvalue weighted by Gasteiger charge is 2.18. The highest BCUT2D eigenvalue weighted by molar-refractivity contribution is 5.25. The van der Waals surface area contributed by atoms with Gasteiger partial charge in [-0.05, 0) is 49.3 Å². The molecule has 0 unspecified atom stereocenters. The highest BCUT2D eigenvalue weighted by Crippen LogP contribution is 2.29. The van der Waals surface area contributed by atoms with Gasteiger partial charge >= 0.3 is 0 Å². The molecular formula is C15H18F2O2. The molecule has 19 heavy (non-hydrogen) atoms. The molecule has 0 saturated heterocycles. The Morgan fingerprint density at radius 2 is 2.00 bits per heavy atom. The fraction of sp³-hybridized carbons (Fsp3) is 0.467. The van der Waals surface area contributed by atoms with Gasteiger partial charge < -0.3 is 9.47 Å². The van der Waals surface area contributed by atoms with Crippen LogP contribution >= 0.6 is 0 Å². The Kier molecular flexibility index (Phi) is 4.77. The lowest BCUT2D eigenvalue weighted by Crippen LogP contribution is -2.17. The van der Waals surface area contributed by atoms with Gasteiger partial charge in [-0.3, -0.25) is 0 Å². The quantitative estimate of drug-likeness (QED) is 0.766. The maximum absolute atomic E-state index is 13.4. The first-order chi connectivity index (χ1) is 9.20. The third-order valence-corrected chi connectivity index (χ3v) is 3.42. The van der Waals surface area contributed by atoms with E-state index in [4.69, 9.17) is 9.47 Å². The summed E-state index contributed by atoms with van der Waals surface area (Å²) in [6.45, 7) is 0.431. The van der Waals surface area contributed by atoms with Gasteiger partial charge in [0.05, 0.1) is 20.0 Å². The summed E-state index contributed by atoms with van der Waals surface area (Å²) in [5, 5.41) is 0. The Bertz CT molecular complexity index is 447. The zero-order chi connectivity index (χ0) is 13.7. The molecular weight excluding hydrogens is 250 g/mol. The summed E-state index contributed by atoms with van der Waals surface area (Å²) >= 11 is 0. The van der Waals surface area contributed by atoms with E-state index in [1.165, 1.54) is 17.7 Å². The molecule has 1 aliphatic rings. The summed E-state index contributed by atoms with van der Waals surface area (Å²) in [5.41, 5.74) is 1.30. The van der Waals surface area contributed by atoms with E-state index >= 15 is 0 Å². The van der Waals surface area contributed by atoms with Crippen molar-refractivity contribution in [3.8, 4) is 5.75 Å². The number of hydrogen-bond donors (Lipinski definition) is 0. The van der Waals surface area contributed by atoms with Crippen LogP contribution < -0.4 is 4.74 Å². The van der Waals surface area contributed by atoms with Crippen LogP contribution in [0.5, 0.6) is 5.75 Å². The number of rotatable bonds is 4. The highest BCUT2D eigenvalue weighted by atomic mass is 19.2. The minimum Gasteiger partial charge on any atom is -0.504 e. The van der Waals surface area contributed by atoms with Crippen LogP contribution in [0.4, 0.5) is 8.78 Å². The van der Waals surface area contributed by atoms with Crippen LogP contribution in [0.3, 0.4) is 0 Å². The van der Waals surface area contributed by atoms with E-state index < -0.39 is 11.6 Å². The van der Waals surface area contributed by atoms with E-state index in [0.29, 0.717) is 12.5 Å². The van der Waals surface area contributed by atoms with Crippen LogP contribution in [-0.2, 0) is 4.74 Å². The van der Waals surface area contributed by atoms with Crippen LogP contribution in [0, 0.1) is 17.6 Å². The van der Waals surface area contributed by atoms with E-state index in [-0.39, 0.29) is 5.75 Å². The van der Waals surface area contributed by atoms with Crippen molar-refractivity contribution in [1.29, 1.82) is 0 Å². The van der Waals surface area contributed by atoms with Crippen molar-refractivity contribution < 1.29 is 18.3 Å². The SMILES string of the molecule is COC=C1CCC(COc2cccc(F)c2F)CC1. The van der Waals surface area contributed by atoms with E-state index in [0.717, 1.165) is 31.7 Å². The lowest BCUT2D eigenvalue weighted by atomic mass is 9.87. The molecule has 0 atom stereocenters. The van der Waals surface area contributed by atoms with Crippen molar-refractivity contribution in [1.82, 2.24) is 0 Å². The molecule has 1 aromatic rings. The Hall–Kier alpha value is -1.58. The zero-order valence-electron chi connectivity index (χ0n) is 11.0. The second-order valence-corrected chi connectivity index (χ2v) is 4.82. The molecule has 4 heteroatoms. The molecule has 0 amide bonds. The Morgan fingerprint density at radius 1 is 1.26 bits per heavy atom. The van der Waals surface area contributed by atoms with Gasteiger partial charge in [0.15, 0.2) is 11.6 Å². The predicted octanol–water partition coefficient (Wildman–Crippen LogP) is 4.06. The van der Waals surface area contributed by atoms with Gasteiger partial charge in [0.1, 0.15) is 0 Å². The number of ether oxygens (including phenoxy) is 2. The molecule has 104 valence electrons. The van der Waals surface area contributed by atoms with Gasteiger partial charge in [0.2, 0.25) is 5.82 Å². The molecule has 1 saturated carbocycles. The second-order valence-electron chi connectivity index (χ2n) is 4.82. The Balaban J connectivity index is 1.84. The van der Waals surface area contributed by atoms with Crippen molar-refractivity contribution in [2.24, 2.45) is 5.92 Å². The third kappa shape index (κ3) is 3.69. The normalized spacial score (nSPS) is 19.1. The molecule has 0 aliphatic heterocycles. The minimum atomic E-state index is -0.904. The molecule has 2 rings (SSSR count). The molecule has 1 aliphatic carbocycles. The second kappa shape index (κ2) is 6.55. The monoisotopic (exact) mass is 268 g/mol. The van der Waals surface area contributed by atoms with Crippen LogP contribution in [-0.4, -0.2) is 13.7 Å². The molecule has 2 nitrogen and oxygen atoms in total. The molecule has 1 aromatic carbocycles.